The highest BCUT2D eigenvalue weighted by atomic mass is 35.5. The Morgan fingerprint density at radius 2 is 1.61 bits per heavy atom. The minimum atomic E-state index is -4.46. The van der Waals surface area contributed by atoms with Crippen molar-refractivity contribution in [2.24, 2.45) is 0 Å². The number of benzene rings is 5. The number of hydrogen-bond acceptors (Lipinski definition) is 12. The molecule has 0 saturated carbocycles. The van der Waals surface area contributed by atoms with Gasteiger partial charge in [-0.15, -0.1) is 0 Å². The molecule has 0 spiro atoms. The second kappa shape index (κ2) is 19.5. The number of rotatable bonds is 13. The lowest BCUT2D eigenvalue weighted by molar-refractivity contribution is -0.145. The first-order chi connectivity index (χ1) is 31.7. The van der Waals surface area contributed by atoms with Gasteiger partial charge in [-0.05, 0) is 101 Å². The number of esters is 1. The van der Waals surface area contributed by atoms with E-state index in [4.69, 9.17) is 47.4 Å². The smallest absolute Gasteiger partial charge is 0.328 e. The Morgan fingerprint density at radius 1 is 0.924 bits per heavy atom. The summed E-state index contributed by atoms with van der Waals surface area (Å²) in [5.41, 5.74) is 6.07. The van der Waals surface area contributed by atoms with E-state index in [1.807, 2.05) is 66.7 Å². The van der Waals surface area contributed by atoms with Crippen molar-refractivity contribution < 1.29 is 41.7 Å². The molecule has 0 aliphatic carbocycles. The monoisotopic (exact) mass is 965 g/mol. The molecule has 18 heteroatoms. The van der Waals surface area contributed by atoms with E-state index in [1.165, 1.54) is 21.0 Å². The van der Waals surface area contributed by atoms with Crippen molar-refractivity contribution in [1.82, 2.24) is 14.6 Å². The van der Waals surface area contributed by atoms with E-state index in [0.717, 1.165) is 37.9 Å². The van der Waals surface area contributed by atoms with Crippen LogP contribution < -0.4 is 24.8 Å². The number of aromatic nitrogens is 1. The number of nitrogens with one attached hydrogen (secondary N) is 2. The zero-order valence-electron chi connectivity index (χ0n) is 35.7. The summed E-state index contributed by atoms with van der Waals surface area (Å²) in [4.78, 5) is 43.9. The van der Waals surface area contributed by atoms with E-state index in [1.54, 1.807) is 36.4 Å². The molecule has 2 aliphatic rings. The summed E-state index contributed by atoms with van der Waals surface area (Å²) >= 11 is 13.0. The highest BCUT2D eigenvalue weighted by Crippen LogP contribution is 2.42. The zero-order chi connectivity index (χ0) is 46.7. The predicted molar refractivity (Wildman–Crippen MR) is 248 cm³/mol. The Kier molecular flexibility index (Phi) is 13.6. The van der Waals surface area contributed by atoms with E-state index < -0.39 is 46.0 Å². The summed E-state index contributed by atoms with van der Waals surface area (Å²) in [5.74, 6) is -0.422. The molecule has 0 bridgehead atoms. The number of fused-ring (bicyclic) bond motifs is 2. The molecule has 6 aromatic rings. The average molecular weight is 967 g/mol. The number of anilines is 1. The van der Waals surface area contributed by atoms with Crippen LogP contribution in [-0.2, 0) is 55.1 Å². The van der Waals surface area contributed by atoms with Gasteiger partial charge in [0, 0.05) is 19.9 Å². The summed E-state index contributed by atoms with van der Waals surface area (Å²) < 4.78 is 54.1. The maximum atomic E-state index is 14.7. The molecule has 2 N–H and O–H groups in total. The Labute approximate surface area is 395 Å². The Hall–Kier alpha value is -6.48. The summed E-state index contributed by atoms with van der Waals surface area (Å²) in [7, 11) is -3.25. The van der Waals surface area contributed by atoms with Crippen LogP contribution in [0.25, 0.3) is 11.1 Å². The standard InChI is InChI=1S/C48H41Cl2N5O9S2/c1-27-47(65-48(52-27)53-28(2)56)66(59,60)55-24-36-22-43-42(63-26-44(64-43)34-13-15-37(16-14-34)62-25-31-8-17-38(49)39(50)18-31)21-35(36)20-41(55)45(57)54-40(46(58)61-3)19-29-4-9-32(10-5-29)33-11-6-30(23-51)7-12-33/h4-18,21-22,40-41,44H,19-20,24-26H2,1-3H3,(H,54,57)(H,52,53,56)/t40-,41?,44+/m0/s1. The third-order valence-corrected chi connectivity index (χ3v) is 15.3. The van der Waals surface area contributed by atoms with Crippen molar-refractivity contribution in [3.05, 3.63) is 152 Å². The van der Waals surface area contributed by atoms with Crippen molar-refractivity contribution in [2.45, 2.75) is 62.2 Å². The maximum Gasteiger partial charge on any atom is 0.328 e. The second-order valence-electron chi connectivity index (χ2n) is 15.6. The third kappa shape index (κ3) is 10.2. The van der Waals surface area contributed by atoms with Crippen molar-refractivity contribution in [3.8, 4) is 34.4 Å². The number of hydrogen-bond donors (Lipinski definition) is 2. The normalized spacial score (nSPS) is 16.0. The molecule has 8 rings (SSSR count). The summed E-state index contributed by atoms with van der Waals surface area (Å²) in [6, 6.07) is 30.3. The van der Waals surface area contributed by atoms with Gasteiger partial charge in [0.25, 0.3) is 10.0 Å². The lowest BCUT2D eigenvalue weighted by atomic mass is 9.93. The van der Waals surface area contributed by atoms with Gasteiger partial charge in [-0.2, -0.15) is 9.57 Å². The van der Waals surface area contributed by atoms with Crippen LogP contribution in [0.15, 0.2) is 107 Å². The Balaban J connectivity index is 1.04. The topological polar surface area (TPSA) is 186 Å². The van der Waals surface area contributed by atoms with Crippen LogP contribution in [0.1, 0.15) is 52.1 Å². The number of ether oxygens (including phenoxy) is 4. The van der Waals surface area contributed by atoms with Crippen molar-refractivity contribution in [2.75, 3.05) is 19.0 Å². The fraction of sp³-hybridized carbons (Fsp3) is 0.229. The first-order valence-corrected chi connectivity index (χ1v) is 23.6. The predicted octanol–water partition coefficient (Wildman–Crippen LogP) is 8.36. The number of sulfonamides is 1. The van der Waals surface area contributed by atoms with Crippen molar-refractivity contribution in [1.29, 1.82) is 5.26 Å². The lowest BCUT2D eigenvalue weighted by Crippen LogP contribution is -2.56. The van der Waals surface area contributed by atoms with Gasteiger partial charge in [0.05, 0.1) is 34.5 Å². The highest BCUT2D eigenvalue weighted by Gasteiger charge is 2.43. The van der Waals surface area contributed by atoms with Crippen LogP contribution in [0.3, 0.4) is 0 Å². The van der Waals surface area contributed by atoms with Gasteiger partial charge < -0.3 is 29.6 Å². The SMILES string of the molecule is COC(=O)[C@H](Cc1ccc(-c2ccc(C#N)cc2)cc1)NC(=O)C1Cc2cc3c(cc2CN1S(=O)(=O)c1sc(NC(C)=O)nc1C)O[C@@H](c1ccc(OCc2ccc(Cl)c(Cl)c2)cc1)CO3. The number of carbonyl (C=O) groups excluding carboxylic acids is 3. The maximum absolute atomic E-state index is 14.7. The van der Waals surface area contributed by atoms with Crippen LogP contribution >= 0.6 is 34.5 Å². The fourth-order valence-electron chi connectivity index (χ4n) is 7.68. The van der Waals surface area contributed by atoms with Crippen LogP contribution in [0, 0.1) is 18.3 Å². The zero-order valence-corrected chi connectivity index (χ0v) is 38.8. The molecular weight excluding hydrogens is 926 g/mol. The molecule has 0 radical (unpaired) electrons. The average Bonchev–Trinajstić information content (AvgIpc) is 3.70. The third-order valence-electron chi connectivity index (χ3n) is 11.1. The van der Waals surface area contributed by atoms with E-state index in [-0.39, 0.29) is 47.6 Å². The van der Waals surface area contributed by atoms with E-state index in [0.29, 0.717) is 49.5 Å². The molecule has 0 saturated heterocycles. The Morgan fingerprint density at radius 3 is 2.27 bits per heavy atom. The van der Waals surface area contributed by atoms with Gasteiger partial charge in [0.2, 0.25) is 11.8 Å². The molecule has 338 valence electrons. The second-order valence-corrected chi connectivity index (χ2v) is 19.5. The molecule has 0 fully saturated rings. The van der Waals surface area contributed by atoms with Gasteiger partial charge >= 0.3 is 5.97 Å². The van der Waals surface area contributed by atoms with E-state index in [2.05, 4.69) is 21.7 Å². The van der Waals surface area contributed by atoms with Crippen LogP contribution in [-0.4, -0.2) is 61.3 Å². The van der Waals surface area contributed by atoms with Crippen LogP contribution in [0.4, 0.5) is 5.13 Å². The summed E-state index contributed by atoms with van der Waals surface area (Å²) in [6.45, 7) is 3.02. The Bertz CT molecular complexity index is 2980. The summed E-state index contributed by atoms with van der Waals surface area (Å²) in [5, 5.41) is 15.5. The molecule has 2 amide bonds. The molecular formula is C48H41Cl2N5O9S2. The minimum Gasteiger partial charge on any atom is -0.489 e. The number of halogens is 2. The van der Waals surface area contributed by atoms with Gasteiger partial charge in [0.15, 0.2) is 26.9 Å². The number of nitriles is 1. The molecule has 3 atom stereocenters. The molecule has 2 aliphatic heterocycles. The quantitative estimate of drug-likeness (QED) is 0.106. The minimum absolute atomic E-state index is 0.0461. The van der Waals surface area contributed by atoms with Crippen LogP contribution in [0.2, 0.25) is 10.0 Å². The number of amides is 2. The van der Waals surface area contributed by atoms with Gasteiger partial charge in [-0.25, -0.2) is 18.2 Å². The molecule has 66 heavy (non-hydrogen) atoms. The molecule has 1 aromatic heterocycles. The number of thiazole rings is 1. The number of carbonyl (C=O) groups is 3. The first kappa shape index (κ1) is 46.1. The number of nitrogens with zero attached hydrogens (tertiary/aromatic N) is 3. The first-order valence-electron chi connectivity index (χ1n) is 20.6. The van der Waals surface area contributed by atoms with Gasteiger partial charge in [-0.1, -0.05) is 89.1 Å². The summed E-state index contributed by atoms with van der Waals surface area (Å²) in [6.07, 6.45) is -0.533. The fourth-order valence-corrected chi connectivity index (χ4v) is 11.1. The van der Waals surface area contributed by atoms with Crippen LogP contribution in [0.5, 0.6) is 17.2 Å². The van der Waals surface area contributed by atoms with Crippen molar-refractivity contribution in [3.63, 3.8) is 0 Å². The molecule has 5 aromatic carbocycles. The highest BCUT2D eigenvalue weighted by molar-refractivity contribution is 7.91. The largest absolute Gasteiger partial charge is 0.489 e. The lowest BCUT2D eigenvalue weighted by Gasteiger charge is -2.36. The van der Waals surface area contributed by atoms with E-state index in [9.17, 15) is 22.8 Å². The number of aryl methyl sites for hydroxylation is 1. The van der Waals surface area contributed by atoms with E-state index >= 15 is 0 Å². The molecule has 1 unspecified atom stereocenters. The van der Waals surface area contributed by atoms with Crippen molar-refractivity contribution >= 4 is 67.5 Å². The molecule has 3 heterocycles. The number of methoxy groups -OCH3 is 1. The molecule has 14 nitrogen and oxygen atoms in total. The van der Waals surface area contributed by atoms with Gasteiger partial charge in [0.1, 0.15) is 31.0 Å². The van der Waals surface area contributed by atoms with Gasteiger partial charge in [-0.3, -0.25) is 9.59 Å².